The van der Waals surface area contributed by atoms with Crippen LogP contribution in [0.15, 0.2) is 35.2 Å². The summed E-state index contributed by atoms with van der Waals surface area (Å²) in [6, 6.07) is 9.52. The van der Waals surface area contributed by atoms with E-state index in [-0.39, 0.29) is 5.75 Å². The van der Waals surface area contributed by atoms with Crippen LogP contribution in [-0.4, -0.2) is 10.1 Å². The molecule has 1 atom stereocenters. The van der Waals surface area contributed by atoms with Gasteiger partial charge in [0.2, 0.25) is 0 Å². The number of phenolic OH excluding ortho intramolecular Hbond substituents is 1. The molecule has 1 unspecified atom stereocenters. The smallest absolute Gasteiger partial charge is 0.134 e. The van der Waals surface area contributed by atoms with Gasteiger partial charge < -0.3 is 5.11 Å². The van der Waals surface area contributed by atoms with Gasteiger partial charge in [-0.25, -0.2) is 4.98 Å². The molecule has 1 N–H and O–H groups in total. The molecule has 0 amide bonds. The van der Waals surface area contributed by atoms with Gasteiger partial charge in [0.1, 0.15) is 16.8 Å². The molecule has 4 heteroatoms. The summed E-state index contributed by atoms with van der Waals surface area (Å²) in [5, 5.41) is 22.2. The lowest BCUT2D eigenvalue weighted by Gasteiger charge is -2.21. The number of thiazole rings is 1. The van der Waals surface area contributed by atoms with Crippen LogP contribution in [0.5, 0.6) is 5.75 Å². The molecule has 0 aliphatic heterocycles. The molecule has 3 rings (SSSR count). The normalized spacial score (nSPS) is 20.5. The standard InChI is InChI=1S/C18H18N2OS/c1-12-5-4-6-13(9-12)15(10-19)18-20-16(11-22-18)14-7-2-3-8-17(14)21/h2-3,7-8,11-12,21H,4-6,9H2,1H3. The van der Waals surface area contributed by atoms with E-state index in [0.29, 0.717) is 11.5 Å². The fourth-order valence-electron chi connectivity index (χ4n) is 3.00. The Bertz CT molecular complexity index is 754. The van der Waals surface area contributed by atoms with Gasteiger partial charge >= 0.3 is 0 Å². The molecule has 1 saturated carbocycles. The molecule has 1 heterocycles. The largest absolute Gasteiger partial charge is 0.507 e. The zero-order valence-corrected chi connectivity index (χ0v) is 13.4. The summed E-state index contributed by atoms with van der Waals surface area (Å²) in [4.78, 5) is 4.59. The van der Waals surface area contributed by atoms with Crippen molar-refractivity contribution in [3.05, 3.63) is 40.2 Å². The topological polar surface area (TPSA) is 56.9 Å². The Morgan fingerprint density at radius 2 is 2.23 bits per heavy atom. The first-order valence-corrected chi connectivity index (χ1v) is 8.43. The van der Waals surface area contributed by atoms with Crippen LogP contribution in [0.3, 0.4) is 0 Å². The van der Waals surface area contributed by atoms with E-state index in [9.17, 15) is 10.4 Å². The van der Waals surface area contributed by atoms with E-state index in [1.807, 2.05) is 17.5 Å². The Labute approximate surface area is 134 Å². The van der Waals surface area contributed by atoms with E-state index < -0.39 is 0 Å². The predicted molar refractivity (Wildman–Crippen MR) is 89.4 cm³/mol. The van der Waals surface area contributed by atoms with Crippen molar-refractivity contribution in [2.24, 2.45) is 5.92 Å². The van der Waals surface area contributed by atoms with Crippen molar-refractivity contribution in [3.8, 4) is 23.1 Å². The summed E-state index contributed by atoms with van der Waals surface area (Å²) in [7, 11) is 0. The van der Waals surface area contributed by atoms with Gasteiger partial charge in [0, 0.05) is 10.9 Å². The maximum Gasteiger partial charge on any atom is 0.134 e. The van der Waals surface area contributed by atoms with Crippen molar-refractivity contribution >= 4 is 16.9 Å². The second-order valence-corrected chi connectivity index (χ2v) is 6.71. The molecule has 112 valence electrons. The van der Waals surface area contributed by atoms with Crippen molar-refractivity contribution in [1.82, 2.24) is 4.98 Å². The SMILES string of the molecule is CC1CCCC(=C(C#N)c2nc(-c3ccccc3O)cs2)C1. The zero-order chi connectivity index (χ0) is 15.5. The Morgan fingerprint density at radius 1 is 1.41 bits per heavy atom. The first kappa shape index (κ1) is 14.8. The molecule has 2 aromatic rings. The number of rotatable bonds is 2. The summed E-state index contributed by atoms with van der Waals surface area (Å²) in [6.45, 7) is 2.24. The number of aromatic nitrogens is 1. The highest BCUT2D eigenvalue weighted by Crippen LogP contribution is 2.36. The molecule has 0 radical (unpaired) electrons. The molecule has 22 heavy (non-hydrogen) atoms. The molecule has 1 aromatic carbocycles. The van der Waals surface area contributed by atoms with Crippen molar-refractivity contribution in [2.75, 3.05) is 0 Å². The monoisotopic (exact) mass is 310 g/mol. The molecule has 0 spiro atoms. The molecule has 0 bridgehead atoms. The van der Waals surface area contributed by atoms with Crippen LogP contribution in [0.2, 0.25) is 0 Å². The first-order valence-electron chi connectivity index (χ1n) is 7.55. The third kappa shape index (κ3) is 2.90. The van der Waals surface area contributed by atoms with Crippen LogP contribution in [-0.2, 0) is 0 Å². The van der Waals surface area contributed by atoms with Crippen LogP contribution in [0, 0.1) is 17.2 Å². The van der Waals surface area contributed by atoms with Crippen molar-refractivity contribution in [3.63, 3.8) is 0 Å². The van der Waals surface area contributed by atoms with Crippen LogP contribution < -0.4 is 0 Å². The first-order chi connectivity index (χ1) is 10.7. The van der Waals surface area contributed by atoms with Gasteiger partial charge in [0.25, 0.3) is 0 Å². The van der Waals surface area contributed by atoms with E-state index in [4.69, 9.17) is 0 Å². The number of hydrogen-bond donors (Lipinski definition) is 1. The van der Waals surface area contributed by atoms with E-state index in [0.717, 1.165) is 35.5 Å². The van der Waals surface area contributed by atoms with Gasteiger partial charge in [-0.3, -0.25) is 0 Å². The summed E-state index contributed by atoms with van der Waals surface area (Å²) >= 11 is 1.48. The molecular formula is C18H18N2OS. The maximum absolute atomic E-state index is 9.94. The average Bonchev–Trinajstić information content (AvgIpc) is 2.98. The van der Waals surface area contributed by atoms with Crippen LogP contribution in [0.1, 0.15) is 37.6 Å². The van der Waals surface area contributed by atoms with Gasteiger partial charge in [0.05, 0.1) is 11.3 Å². The lowest BCUT2D eigenvalue weighted by Crippen LogP contribution is -2.06. The van der Waals surface area contributed by atoms with Gasteiger partial charge in [-0.15, -0.1) is 11.3 Å². The Kier molecular flexibility index (Phi) is 4.26. The molecule has 1 aliphatic carbocycles. The van der Waals surface area contributed by atoms with Crippen LogP contribution >= 0.6 is 11.3 Å². The fraction of sp³-hybridized carbons (Fsp3) is 0.333. The van der Waals surface area contributed by atoms with Gasteiger partial charge in [0.15, 0.2) is 0 Å². The van der Waals surface area contributed by atoms with Crippen molar-refractivity contribution < 1.29 is 5.11 Å². The summed E-state index contributed by atoms with van der Waals surface area (Å²) < 4.78 is 0. The Hall–Kier alpha value is -2.12. The summed E-state index contributed by atoms with van der Waals surface area (Å²) in [5.74, 6) is 0.862. The third-order valence-corrected chi connectivity index (χ3v) is 4.99. The third-order valence-electron chi connectivity index (χ3n) is 4.13. The Morgan fingerprint density at radius 3 is 2.95 bits per heavy atom. The average molecular weight is 310 g/mol. The molecule has 1 fully saturated rings. The minimum atomic E-state index is 0.219. The van der Waals surface area contributed by atoms with Crippen molar-refractivity contribution in [2.45, 2.75) is 32.6 Å². The number of allylic oxidation sites excluding steroid dienone is 2. The minimum absolute atomic E-state index is 0.219. The molecule has 1 aromatic heterocycles. The minimum Gasteiger partial charge on any atom is -0.507 e. The summed E-state index contributed by atoms with van der Waals surface area (Å²) in [5.41, 5.74) is 3.41. The molecular weight excluding hydrogens is 292 g/mol. The lowest BCUT2D eigenvalue weighted by atomic mass is 9.84. The van der Waals surface area contributed by atoms with Crippen LogP contribution in [0.25, 0.3) is 16.8 Å². The van der Waals surface area contributed by atoms with Gasteiger partial charge in [-0.05, 0) is 42.9 Å². The lowest BCUT2D eigenvalue weighted by molar-refractivity contribution is 0.454. The molecule has 0 saturated heterocycles. The van der Waals surface area contributed by atoms with E-state index in [1.165, 1.54) is 23.3 Å². The van der Waals surface area contributed by atoms with E-state index in [2.05, 4.69) is 18.0 Å². The Balaban J connectivity index is 1.97. The quantitative estimate of drug-likeness (QED) is 0.794. The van der Waals surface area contributed by atoms with Gasteiger partial charge in [-0.1, -0.05) is 25.5 Å². The number of benzene rings is 1. The fourth-order valence-corrected chi connectivity index (χ4v) is 3.86. The number of phenols is 1. The van der Waals surface area contributed by atoms with E-state index >= 15 is 0 Å². The zero-order valence-electron chi connectivity index (χ0n) is 12.5. The number of para-hydroxylation sites is 1. The number of aromatic hydroxyl groups is 1. The van der Waals surface area contributed by atoms with Gasteiger partial charge in [-0.2, -0.15) is 5.26 Å². The highest BCUT2D eigenvalue weighted by Gasteiger charge is 2.20. The molecule has 3 nitrogen and oxygen atoms in total. The summed E-state index contributed by atoms with van der Waals surface area (Å²) in [6.07, 6.45) is 4.38. The second-order valence-electron chi connectivity index (χ2n) is 5.85. The second kappa shape index (κ2) is 6.33. The number of hydrogen-bond acceptors (Lipinski definition) is 4. The van der Waals surface area contributed by atoms with Crippen LogP contribution in [0.4, 0.5) is 0 Å². The maximum atomic E-state index is 9.94. The predicted octanol–water partition coefficient (Wildman–Crippen LogP) is 5.00. The van der Waals surface area contributed by atoms with Crippen molar-refractivity contribution in [1.29, 1.82) is 5.26 Å². The van der Waals surface area contributed by atoms with E-state index in [1.54, 1.807) is 12.1 Å². The number of nitriles is 1. The molecule has 1 aliphatic rings. The highest BCUT2D eigenvalue weighted by atomic mass is 32.1. The number of nitrogens with zero attached hydrogens (tertiary/aromatic N) is 2. The highest BCUT2D eigenvalue weighted by molar-refractivity contribution is 7.11.